The van der Waals surface area contributed by atoms with Gasteiger partial charge in [-0.3, -0.25) is 4.79 Å². The lowest BCUT2D eigenvalue weighted by Crippen LogP contribution is -2.37. The minimum absolute atomic E-state index is 0.0408. The van der Waals surface area contributed by atoms with Crippen molar-refractivity contribution in [3.05, 3.63) is 71.3 Å². The molecule has 0 atom stereocenters. The third kappa shape index (κ3) is 7.52. The zero-order chi connectivity index (χ0) is 19.3. The molecule has 0 saturated carbocycles. The number of nitrogens with one attached hydrogen (secondary N) is 3. The minimum Gasteiger partial charge on any atom is -0.357 e. The fourth-order valence-electron chi connectivity index (χ4n) is 2.68. The minimum atomic E-state index is -0.0408. The van der Waals surface area contributed by atoms with Gasteiger partial charge in [0, 0.05) is 25.2 Å². The van der Waals surface area contributed by atoms with E-state index in [0.29, 0.717) is 18.7 Å². The first-order valence-corrected chi connectivity index (χ1v) is 9.66. The van der Waals surface area contributed by atoms with Crippen LogP contribution in [0, 0.1) is 0 Å². The van der Waals surface area contributed by atoms with Gasteiger partial charge in [-0.2, -0.15) is 0 Å². The number of amides is 1. The van der Waals surface area contributed by atoms with Gasteiger partial charge in [-0.15, -0.1) is 0 Å². The number of rotatable bonds is 9. The maximum absolute atomic E-state index is 11.8. The Morgan fingerprint density at radius 3 is 2.22 bits per heavy atom. The Balaban J connectivity index is 1.82. The fraction of sp³-hybridized carbons (Fsp3) is 0.364. The van der Waals surface area contributed by atoms with Crippen molar-refractivity contribution < 1.29 is 4.79 Å². The molecule has 3 N–H and O–H groups in total. The number of carbonyl (C=O) groups is 1. The van der Waals surface area contributed by atoms with Crippen molar-refractivity contribution in [1.29, 1.82) is 0 Å². The molecule has 144 valence electrons. The summed E-state index contributed by atoms with van der Waals surface area (Å²) in [6, 6.07) is 18.1. The molecule has 0 aliphatic rings. The van der Waals surface area contributed by atoms with Crippen LogP contribution >= 0.6 is 0 Å². The SMILES string of the molecule is CCNC(=O)c1ccc(CN=C(NCC)NCCCc2ccccc2)cc1. The molecule has 5 heteroatoms. The van der Waals surface area contributed by atoms with Crippen LogP contribution < -0.4 is 16.0 Å². The molecule has 0 spiro atoms. The summed E-state index contributed by atoms with van der Waals surface area (Å²) in [6.45, 7) is 6.87. The Labute approximate surface area is 162 Å². The Morgan fingerprint density at radius 2 is 1.56 bits per heavy atom. The van der Waals surface area contributed by atoms with Crippen LogP contribution in [0.5, 0.6) is 0 Å². The highest BCUT2D eigenvalue weighted by molar-refractivity contribution is 5.94. The van der Waals surface area contributed by atoms with E-state index in [9.17, 15) is 4.79 Å². The van der Waals surface area contributed by atoms with Crippen LogP contribution in [-0.2, 0) is 13.0 Å². The Morgan fingerprint density at radius 1 is 0.852 bits per heavy atom. The monoisotopic (exact) mass is 366 g/mol. The highest BCUT2D eigenvalue weighted by atomic mass is 16.1. The summed E-state index contributed by atoms with van der Waals surface area (Å²) >= 11 is 0. The molecular weight excluding hydrogens is 336 g/mol. The van der Waals surface area contributed by atoms with Crippen LogP contribution in [-0.4, -0.2) is 31.5 Å². The zero-order valence-electron chi connectivity index (χ0n) is 16.3. The molecule has 0 bridgehead atoms. The molecule has 0 aromatic heterocycles. The lowest BCUT2D eigenvalue weighted by molar-refractivity contribution is 0.0956. The molecule has 0 fully saturated rings. The predicted octanol–water partition coefficient (Wildman–Crippen LogP) is 3.12. The van der Waals surface area contributed by atoms with Crippen molar-refractivity contribution in [2.45, 2.75) is 33.2 Å². The molecular formula is C22H30N4O. The van der Waals surface area contributed by atoms with Gasteiger partial charge in [-0.1, -0.05) is 42.5 Å². The maximum atomic E-state index is 11.8. The quantitative estimate of drug-likeness (QED) is 0.363. The summed E-state index contributed by atoms with van der Waals surface area (Å²) in [6.07, 6.45) is 2.10. The molecule has 2 rings (SSSR count). The van der Waals surface area contributed by atoms with Crippen LogP contribution in [0.3, 0.4) is 0 Å². The number of benzene rings is 2. The number of aliphatic imine (C=N–C) groups is 1. The van der Waals surface area contributed by atoms with E-state index in [2.05, 4.69) is 52.1 Å². The molecule has 0 heterocycles. The summed E-state index contributed by atoms with van der Waals surface area (Å²) in [5.74, 6) is 0.777. The average molecular weight is 367 g/mol. The highest BCUT2D eigenvalue weighted by Crippen LogP contribution is 2.06. The largest absolute Gasteiger partial charge is 0.357 e. The maximum Gasteiger partial charge on any atom is 0.251 e. The topological polar surface area (TPSA) is 65.5 Å². The van der Waals surface area contributed by atoms with Gasteiger partial charge < -0.3 is 16.0 Å². The zero-order valence-corrected chi connectivity index (χ0v) is 16.3. The molecule has 0 aliphatic carbocycles. The van der Waals surface area contributed by atoms with E-state index in [4.69, 9.17) is 0 Å². The van der Waals surface area contributed by atoms with Crippen LogP contribution in [0.25, 0.3) is 0 Å². The summed E-state index contributed by atoms with van der Waals surface area (Å²) in [5, 5.41) is 9.46. The van der Waals surface area contributed by atoms with E-state index in [0.717, 1.165) is 37.5 Å². The van der Waals surface area contributed by atoms with E-state index < -0.39 is 0 Å². The van der Waals surface area contributed by atoms with E-state index in [1.807, 2.05) is 37.3 Å². The Kier molecular flexibility index (Phi) is 8.90. The summed E-state index contributed by atoms with van der Waals surface area (Å²) in [5.41, 5.74) is 3.11. The number of carbonyl (C=O) groups excluding carboxylic acids is 1. The standard InChI is InChI=1S/C22H30N4O/c1-3-23-21(27)20-14-12-19(13-15-20)17-26-22(24-4-2)25-16-8-11-18-9-6-5-7-10-18/h5-7,9-10,12-15H,3-4,8,11,16-17H2,1-2H3,(H,23,27)(H2,24,25,26). The van der Waals surface area contributed by atoms with Gasteiger partial charge in [-0.05, 0) is 49.9 Å². The van der Waals surface area contributed by atoms with Crippen LogP contribution in [0.15, 0.2) is 59.6 Å². The molecule has 0 radical (unpaired) electrons. The number of hydrogen-bond donors (Lipinski definition) is 3. The molecule has 2 aromatic rings. The second-order valence-electron chi connectivity index (χ2n) is 6.27. The van der Waals surface area contributed by atoms with Gasteiger partial charge in [0.25, 0.3) is 5.91 Å². The number of aryl methyl sites for hydroxylation is 1. The third-order valence-electron chi connectivity index (χ3n) is 4.09. The van der Waals surface area contributed by atoms with E-state index in [1.54, 1.807) is 0 Å². The van der Waals surface area contributed by atoms with E-state index in [1.165, 1.54) is 5.56 Å². The normalized spacial score (nSPS) is 11.1. The second-order valence-corrected chi connectivity index (χ2v) is 6.27. The van der Waals surface area contributed by atoms with E-state index in [-0.39, 0.29) is 5.91 Å². The lowest BCUT2D eigenvalue weighted by atomic mass is 10.1. The van der Waals surface area contributed by atoms with Gasteiger partial charge in [0.05, 0.1) is 6.54 Å². The summed E-state index contributed by atoms with van der Waals surface area (Å²) < 4.78 is 0. The van der Waals surface area contributed by atoms with Crippen LogP contribution in [0.1, 0.15) is 41.8 Å². The van der Waals surface area contributed by atoms with E-state index >= 15 is 0 Å². The van der Waals surface area contributed by atoms with Gasteiger partial charge in [-0.25, -0.2) is 4.99 Å². The third-order valence-corrected chi connectivity index (χ3v) is 4.09. The first-order valence-electron chi connectivity index (χ1n) is 9.66. The van der Waals surface area contributed by atoms with Crippen molar-refractivity contribution in [2.75, 3.05) is 19.6 Å². The average Bonchev–Trinajstić information content (AvgIpc) is 2.70. The van der Waals surface area contributed by atoms with Gasteiger partial charge in [0.2, 0.25) is 0 Å². The van der Waals surface area contributed by atoms with Crippen molar-refractivity contribution >= 4 is 11.9 Å². The first kappa shape index (κ1) is 20.5. The number of hydrogen-bond acceptors (Lipinski definition) is 2. The fourth-order valence-corrected chi connectivity index (χ4v) is 2.68. The van der Waals surface area contributed by atoms with Crippen LogP contribution in [0.2, 0.25) is 0 Å². The molecule has 0 unspecified atom stereocenters. The molecule has 0 saturated heterocycles. The Bertz CT molecular complexity index is 711. The summed E-state index contributed by atoms with van der Waals surface area (Å²) in [4.78, 5) is 16.4. The molecule has 1 amide bonds. The Hall–Kier alpha value is -2.82. The second kappa shape index (κ2) is 11.7. The number of guanidine groups is 1. The van der Waals surface area contributed by atoms with Gasteiger partial charge in [0.15, 0.2) is 5.96 Å². The van der Waals surface area contributed by atoms with Gasteiger partial charge >= 0.3 is 0 Å². The van der Waals surface area contributed by atoms with Crippen molar-refractivity contribution in [3.63, 3.8) is 0 Å². The first-order chi connectivity index (χ1) is 13.2. The van der Waals surface area contributed by atoms with Crippen molar-refractivity contribution in [1.82, 2.24) is 16.0 Å². The molecule has 27 heavy (non-hydrogen) atoms. The summed E-state index contributed by atoms with van der Waals surface area (Å²) in [7, 11) is 0. The molecule has 0 aliphatic heterocycles. The lowest BCUT2D eigenvalue weighted by Gasteiger charge is -2.11. The van der Waals surface area contributed by atoms with Crippen molar-refractivity contribution in [3.8, 4) is 0 Å². The number of nitrogens with zero attached hydrogens (tertiary/aromatic N) is 1. The highest BCUT2D eigenvalue weighted by Gasteiger charge is 2.03. The molecule has 5 nitrogen and oxygen atoms in total. The predicted molar refractivity (Wildman–Crippen MR) is 112 cm³/mol. The van der Waals surface area contributed by atoms with Crippen LogP contribution in [0.4, 0.5) is 0 Å². The van der Waals surface area contributed by atoms with Gasteiger partial charge in [0.1, 0.15) is 0 Å². The molecule has 2 aromatic carbocycles. The smallest absolute Gasteiger partial charge is 0.251 e. The van der Waals surface area contributed by atoms with Crippen molar-refractivity contribution in [2.24, 2.45) is 4.99 Å².